The molecule has 1 aliphatic heterocycles. The molecule has 1 amide bonds. The van der Waals surface area contributed by atoms with E-state index in [1.165, 1.54) is 35.1 Å². The number of carboxylic acids is 1. The zero-order chi connectivity index (χ0) is 12.4. The molecule has 1 N–H and O–H groups in total. The molecule has 1 atom stereocenters. The van der Waals surface area contributed by atoms with E-state index in [0.29, 0.717) is 11.6 Å². The Hall–Kier alpha value is -1.27. The third-order valence-corrected chi connectivity index (χ3v) is 3.77. The molecule has 0 radical (unpaired) electrons. The molecule has 7 heteroatoms. The predicted octanol–water partition coefficient (Wildman–Crippen LogP) is 1.33. The van der Waals surface area contributed by atoms with Gasteiger partial charge in [-0.25, -0.2) is 4.79 Å². The van der Waals surface area contributed by atoms with Crippen molar-refractivity contribution in [2.45, 2.75) is 6.04 Å². The van der Waals surface area contributed by atoms with E-state index >= 15 is 0 Å². The second kappa shape index (κ2) is 4.93. The minimum absolute atomic E-state index is 0.239. The molecule has 1 unspecified atom stereocenters. The smallest absolute Gasteiger partial charge is 0.327 e. The molecular weight excluding hydrogens is 264 g/mol. The highest BCUT2D eigenvalue weighted by Gasteiger charge is 2.35. The van der Waals surface area contributed by atoms with Crippen molar-refractivity contribution in [1.29, 1.82) is 0 Å². The van der Waals surface area contributed by atoms with Crippen molar-refractivity contribution >= 4 is 35.2 Å². The van der Waals surface area contributed by atoms with Gasteiger partial charge in [0.15, 0.2) is 0 Å². The lowest BCUT2D eigenvalue weighted by molar-refractivity contribution is -0.140. The van der Waals surface area contributed by atoms with Crippen molar-refractivity contribution in [3.63, 3.8) is 0 Å². The van der Waals surface area contributed by atoms with Gasteiger partial charge in [-0.15, -0.1) is 11.8 Å². The molecule has 90 valence electrons. The van der Waals surface area contributed by atoms with Gasteiger partial charge in [0, 0.05) is 18.1 Å². The Bertz CT molecular complexity index is 469. The summed E-state index contributed by atoms with van der Waals surface area (Å²) in [5.41, 5.74) is 0.239. The van der Waals surface area contributed by atoms with Crippen LogP contribution in [0.1, 0.15) is 10.4 Å². The van der Waals surface area contributed by atoms with E-state index in [4.69, 9.17) is 16.7 Å². The molecule has 17 heavy (non-hydrogen) atoms. The second-order valence-electron chi connectivity index (χ2n) is 3.48. The minimum atomic E-state index is -0.997. The number of thioether (sulfide) groups is 1. The Morgan fingerprint density at radius 1 is 1.59 bits per heavy atom. The van der Waals surface area contributed by atoms with Crippen LogP contribution in [-0.4, -0.2) is 44.5 Å². The fourth-order valence-electron chi connectivity index (χ4n) is 1.54. The SMILES string of the molecule is O=C(O)C1CSCN1C(=O)c1cnccc1Cl. The van der Waals surface area contributed by atoms with Gasteiger partial charge in [-0.05, 0) is 6.07 Å². The van der Waals surface area contributed by atoms with Gasteiger partial charge in [0.25, 0.3) is 5.91 Å². The lowest BCUT2D eigenvalue weighted by Gasteiger charge is -2.20. The number of carboxylic acid groups (broad SMARTS) is 1. The van der Waals surface area contributed by atoms with Crippen molar-refractivity contribution < 1.29 is 14.7 Å². The summed E-state index contributed by atoms with van der Waals surface area (Å²) in [6, 6.07) is 0.720. The summed E-state index contributed by atoms with van der Waals surface area (Å²) >= 11 is 7.29. The van der Waals surface area contributed by atoms with Crippen LogP contribution >= 0.6 is 23.4 Å². The van der Waals surface area contributed by atoms with E-state index in [-0.39, 0.29) is 16.5 Å². The van der Waals surface area contributed by atoms with Crippen LogP contribution in [0.3, 0.4) is 0 Å². The van der Waals surface area contributed by atoms with E-state index in [1.807, 2.05) is 0 Å². The maximum absolute atomic E-state index is 12.1. The van der Waals surface area contributed by atoms with Gasteiger partial charge in [-0.2, -0.15) is 0 Å². The first kappa shape index (κ1) is 12.2. The number of carbonyl (C=O) groups excluding carboxylic acids is 1. The Morgan fingerprint density at radius 2 is 2.35 bits per heavy atom. The summed E-state index contributed by atoms with van der Waals surface area (Å²) in [6.07, 6.45) is 2.83. The summed E-state index contributed by atoms with van der Waals surface area (Å²) in [6.45, 7) is 0. The average molecular weight is 273 g/mol. The molecule has 0 spiro atoms. The van der Waals surface area contributed by atoms with Gasteiger partial charge in [-0.1, -0.05) is 11.6 Å². The van der Waals surface area contributed by atoms with Crippen LogP contribution in [0, 0.1) is 0 Å². The topological polar surface area (TPSA) is 70.5 Å². The number of aromatic nitrogens is 1. The maximum Gasteiger partial charge on any atom is 0.327 e. The van der Waals surface area contributed by atoms with Crippen LogP contribution in [0.2, 0.25) is 5.02 Å². The van der Waals surface area contributed by atoms with Crippen LogP contribution in [-0.2, 0) is 4.79 Å². The summed E-state index contributed by atoms with van der Waals surface area (Å²) in [5, 5.41) is 9.28. The molecule has 1 fully saturated rings. The van der Waals surface area contributed by atoms with Crippen LogP contribution in [0.5, 0.6) is 0 Å². The third kappa shape index (κ3) is 2.37. The van der Waals surface area contributed by atoms with Gasteiger partial charge in [0.2, 0.25) is 0 Å². The number of aliphatic carboxylic acids is 1. The monoisotopic (exact) mass is 272 g/mol. The normalized spacial score (nSPS) is 19.4. The summed E-state index contributed by atoms with van der Waals surface area (Å²) in [7, 11) is 0. The first-order valence-electron chi connectivity index (χ1n) is 4.82. The first-order chi connectivity index (χ1) is 8.11. The molecule has 5 nitrogen and oxygen atoms in total. The average Bonchev–Trinajstić information content (AvgIpc) is 2.77. The number of pyridine rings is 1. The Morgan fingerprint density at radius 3 is 3.00 bits per heavy atom. The molecule has 1 aromatic rings. The van der Waals surface area contributed by atoms with Crippen LogP contribution in [0.15, 0.2) is 18.5 Å². The zero-order valence-corrected chi connectivity index (χ0v) is 10.2. The first-order valence-corrected chi connectivity index (χ1v) is 6.35. The highest BCUT2D eigenvalue weighted by Crippen LogP contribution is 2.25. The van der Waals surface area contributed by atoms with E-state index in [1.54, 1.807) is 0 Å². The molecule has 1 saturated heterocycles. The van der Waals surface area contributed by atoms with Gasteiger partial charge >= 0.3 is 5.97 Å². The fraction of sp³-hybridized carbons (Fsp3) is 0.300. The van der Waals surface area contributed by atoms with Crippen molar-refractivity contribution in [1.82, 2.24) is 9.88 Å². The number of hydrogen-bond donors (Lipinski definition) is 1. The van der Waals surface area contributed by atoms with Crippen LogP contribution < -0.4 is 0 Å². The van der Waals surface area contributed by atoms with Gasteiger partial charge < -0.3 is 10.0 Å². The van der Waals surface area contributed by atoms with Crippen molar-refractivity contribution in [2.24, 2.45) is 0 Å². The number of nitrogens with zero attached hydrogens (tertiary/aromatic N) is 2. The molecule has 2 heterocycles. The number of halogens is 1. The summed E-state index contributed by atoms with van der Waals surface area (Å²) < 4.78 is 0. The second-order valence-corrected chi connectivity index (χ2v) is 4.89. The molecular formula is C10H9ClN2O3S. The number of rotatable bonds is 2. The van der Waals surface area contributed by atoms with Gasteiger partial charge in [0.1, 0.15) is 6.04 Å². The Labute approximate surface area is 107 Å². The lowest BCUT2D eigenvalue weighted by Crippen LogP contribution is -2.41. The molecule has 0 saturated carbocycles. The largest absolute Gasteiger partial charge is 0.480 e. The van der Waals surface area contributed by atoms with Crippen LogP contribution in [0.25, 0.3) is 0 Å². The summed E-state index contributed by atoms with van der Waals surface area (Å²) in [4.78, 5) is 28.2. The molecule has 1 aromatic heterocycles. The highest BCUT2D eigenvalue weighted by atomic mass is 35.5. The Balaban J connectivity index is 2.26. The van der Waals surface area contributed by atoms with E-state index < -0.39 is 12.0 Å². The number of amides is 1. The summed E-state index contributed by atoms with van der Waals surface area (Å²) in [5.74, 6) is -0.621. The van der Waals surface area contributed by atoms with Crippen molar-refractivity contribution in [3.8, 4) is 0 Å². The Kier molecular flexibility index (Phi) is 3.54. The molecule has 0 bridgehead atoms. The quantitative estimate of drug-likeness (QED) is 0.880. The lowest BCUT2D eigenvalue weighted by atomic mass is 10.2. The minimum Gasteiger partial charge on any atom is -0.480 e. The van der Waals surface area contributed by atoms with Crippen molar-refractivity contribution in [2.75, 3.05) is 11.6 Å². The number of hydrogen-bond acceptors (Lipinski definition) is 4. The molecule has 1 aliphatic rings. The highest BCUT2D eigenvalue weighted by molar-refractivity contribution is 7.99. The van der Waals surface area contributed by atoms with E-state index in [0.717, 1.165) is 0 Å². The van der Waals surface area contributed by atoms with E-state index in [2.05, 4.69) is 4.98 Å². The standard InChI is InChI=1S/C10H9ClN2O3S/c11-7-1-2-12-3-6(7)9(14)13-5-17-4-8(13)10(15)16/h1-3,8H,4-5H2,(H,15,16). The molecule has 0 aromatic carbocycles. The van der Waals surface area contributed by atoms with Gasteiger partial charge in [0.05, 0.1) is 16.5 Å². The molecule has 2 rings (SSSR count). The zero-order valence-electron chi connectivity index (χ0n) is 8.67. The van der Waals surface area contributed by atoms with E-state index in [9.17, 15) is 9.59 Å². The number of carbonyl (C=O) groups is 2. The fourth-order valence-corrected chi connectivity index (χ4v) is 2.87. The molecule has 0 aliphatic carbocycles. The predicted molar refractivity (Wildman–Crippen MR) is 64.2 cm³/mol. The van der Waals surface area contributed by atoms with Gasteiger partial charge in [-0.3, -0.25) is 9.78 Å². The maximum atomic E-state index is 12.1. The van der Waals surface area contributed by atoms with Crippen LogP contribution in [0.4, 0.5) is 0 Å². The van der Waals surface area contributed by atoms with Crippen molar-refractivity contribution in [3.05, 3.63) is 29.0 Å². The third-order valence-electron chi connectivity index (χ3n) is 2.43.